The number of esters is 1. The minimum Gasteiger partial charge on any atom is -0.463 e. The van der Waals surface area contributed by atoms with Crippen molar-refractivity contribution >= 4 is 17.8 Å². The van der Waals surface area contributed by atoms with Gasteiger partial charge in [-0.05, 0) is 6.42 Å². The van der Waals surface area contributed by atoms with Crippen molar-refractivity contribution < 1.29 is 24.2 Å². The van der Waals surface area contributed by atoms with Gasteiger partial charge in [-0.15, -0.1) is 0 Å². The van der Waals surface area contributed by atoms with E-state index in [2.05, 4.69) is 4.74 Å². The molecule has 1 aliphatic rings. The maximum Gasteiger partial charge on any atom is 0.305 e. The summed E-state index contributed by atoms with van der Waals surface area (Å²) in [4.78, 5) is 34.3. The van der Waals surface area contributed by atoms with Gasteiger partial charge in [0, 0.05) is 25.1 Å². The molecule has 0 radical (unpaired) electrons. The lowest BCUT2D eigenvalue weighted by Crippen LogP contribution is -2.31. The molecule has 2 amide bonds. The molecule has 16 heavy (non-hydrogen) atoms. The molecule has 0 spiro atoms. The van der Waals surface area contributed by atoms with Crippen LogP contribution in [-0.2, 0) is 19.1 Å². The van der Waals surface area contributed by atoms with Crippen molar-refractivity contribution in [2.24, 2.45) is 0 Å². The summed E-state index contributed by atoms with van der Waals surface area (Å²) in [5, 5.41) is 8.40. The summed E-state index contributed by atoms with van der Waals surface area (Å²) < 4.78 is 4.62. The number of rotatable bonds is 6. The van der Waals surface area contributed by atoms with E-state index in [-0.39, 0.29) is 38.0 Å². The van der Waals surface area contributed by atoms with Crippen molar-refractivity contribution in [3.05, 3.63) is 12.2 Å². The number of amides is 2. The average Bonchev–Trinajstić information content (AvgIpc) is 2.57. The Kier molecular flexibility index (Phi) is 4.65. The molecule has 0 saturated heterocycles. The van der Waals surface area contributed by atoms with Gasteiger partial charge in [-0.2, -0.15) is 0 Å². The Balaban J connectivity index is 2.18. The highest BCUT2D eigenvalue weighted by molar-refractivity contribution is 6.12. The van der Waals surface area contributed by atoms with Crippen LogP contribution in [0, 0.1) is 0 Å². The second kappa shape index (κ2) is 6.02. The molecule has 6 nitrogen and oxygen atoms in total. The number of aliphatic hydroxyl groups excluding tert-OH is 1. The lowest BCUT2D eigenvalue weighted by Gasteiger charge is -2.12. The van der Waals surface area contributed by atoms with Gasteiger partial charge in [0.05, 0.1) is 6.61 Å². The molecule has 1 N–H and O–H groups in total. The predicted molar refractivity (Wildman–Crippen MR) is 53.1 cm³/mol. The zero-order chi connectivity index (χ0) is 12.0. The molecule has 1 rings (SSSR count). The van der Waals surface area contributed by atoms with Crippen LogP contribution in [0.1, 0.15) is 12.8 Å². The summed E-state index contributed by atoms with van der Waals surface area (Å²) in [6.07, 6.45) is 2.89. The maximum absolute atomic E-state index is 11.1. The standard InChI is InChI=1S/C10H13NO5/c12-6-7-16-10(15)2-1-5-11-8(13)3-4-9(11)14/h3-4,12H,1-2,5-7H2. The summed E-state index contributed by atoms with van der Waals surface area (Å²) in [7, 11) is 0. The number of nitrogens with zero attached hydrogens (tertiary/aromatic N) is 1. The van der Waals surface area contributed by atoms with Crippen LogP contribution in [0.4, 0.5) is 0 Å². The monoisotopic (exact) mass is 227 g/mol. The second-order valence-electron chi connectivity index (χ2n) is 3.21. The van der Waals surface area contributed by atoms with Crippen LogP contribution in [0.15, 0.2) is 12.2 Å². The van der Waals surface area contributed by atoms with E-state index in [4.69, 9.17) is 5.11 Å². The highest BCUT2D eigenvalue weighted by Gasteiger charge is 2.22. The van der Waals surface area contributed by atoms with Crippen molar-refractivity contribution in [2.45, 2.75) is 12.8 Å². The number of ether oxygens (including phenoxy) is 1. The molecule has 0 aromatic rings. The number of hydrogen-bond donors (Lipinski definition) is 1. The highest BCUT2D eigenvalue weighted by atomic mass is 16.5. The molecule has 0 bridgehead atoms. The molecule has 0 fully saturated rings. The third kappa shape index (κ3) is 3.47. The summed E-state index contributed by atoms with van der Waals surface area (Å²) in [5.41, 5.74) is 0. The summed E-state index contributed by atoms with van der Waals surface area (Å²) >= 11 is 0. The smallest absolute Gasteiger partial charge is 0.305 e. The Morgan fingerprint density at radius 3 is 2.50 bits per heavy atom. The second-order valence-corrected chi connectivity index (χ2v) is 3.21. The molecular weight excluding hydrogens is 214 g/mol. The van der Waals surface area contributed by atoms with E-state index < -0.39 is 5.97 Å². The first-order chi connectivity index (χ1) is 7.65. The van der Waals surface area contributed by atoms with E-state index in [0.29, 0.717) is 6.42 Å². The van der Waals surface area contributed by atoms with Gasteiger partial charge in [0.15, 0.2) is 0 Å². The number of imide groups is 1. The molecule has 1 aliphatic heterocycles. The third-order valence-corrected chi connectivity index (χ3v) is 2.02. The minimum atomic E-state index is -0.443. The van der Waals surface area contributed by atoms with E-state index in [9.17, 15) is 14.4 Å². The largest absolute Gasteiger partial charge is 0.463 e. The molecule has 0 saturated carbocycles. The van der Waals surface area contributed by atoms with Crippen LogP contribution >= 0.6 is 0 Å². The molecule has 6 heteroatoms. The van der Waals surface area contributed by atoms with E-state index >= 15 is 0 Å². The number of carbonyl (C=O) groups excluding carboxylic acids is 3. The molecule has 0 unspecified atom stereocenters. The molecule has 88 valence electrons. The Hall–Kier alpha value is -1.69. The van der Waals surface area contributed by atoms with Crippen LogP contribution in [0.2, 0.25) is 0 Å². The number of hydrogen-bond acceptors (Lipinski definition) is 5. The van der Waals surface area contributed by atoms with Crippen molar-refractivity contribution in [1.82, 2.24) is 4.90 Å². The lowest BCUT2D eigenvalue weighted by molar-refractivity contribution is -0.145. The highest BCUT2D eigenvalue weighted by Crippen LogP contribution is 2.05. The van der Waals surface area contributed by atoms with Gasteiger partial charge in [0.2, 0.25) is 0 Å². The van der Waals surface area contributed by atoms with Crippen molar-refractivity contribution in [2.75, 3.05) is 19.8 Å². The van der Waals surface area contributed by atoms with E-state index in [1.54, 1.807) is 0 Å². The molecular formula is C10H13NO5. The van der Waals surface area contributed by atoms with Crippen LogP contribution in [0.25, 0.3) is 0 Å². The summed E-state index contributed by atoms with van der Waals surface area (Å²) in [6.45, 7) is -0.0282. The minimum absolute atomic E-state index is 0.0258. The third-order valence-electron chi connectivity index (χ3n) is 2.02. The van der Waals surface area contributed by atoms with Crippen LogP contribution in [0.5, 0.6) is 0 Å². The van der Waals surface area contributed by atoms with E-state index in [1.807, 2.05) is 0 Å². The first-order valence-corrected chi connectivity index (χ1v) is 4.95. The van der Waals surface area contributed by atoms with Crippen LogP contribution < -0.4 is 0 Å². The molecule has 0 aromatic carbocycles. The number of carbonyl (C=O) groups is 3. The van der Waals surface area contributed by atoms with Crippen LogP contribution in [0.3, 0.4) is 0 Å². The first kappa shape index (κ1) is 12.4. The first-order valence-electron chi connectivity index (χ1n) is 4.95. The van der Waals surface area contributed by atoms with Crippen LogP contribution in [-0.4, -0.2) is 47.5 Å². The number of aliphatic hydroxyl groups is 1. The van der Waals surface area contributed by atoms with Gasteiger partial charge in [-0.1, -0.05) is 0 Å². The fourth-order valence-corrected chi connectivity index (χ4v) is 1.26. The summed E-state index contributed by atoms with van der Waals surface area (Å²) in [5.74, 6) is -1.15. The zero-order valence-electron chi connectivity index (χ0n) is 8.72. The molecule has 0 aliphatic carbocycles. The zero-order valence-corrected chi connectivity index (χ0v) is 8.72. The fraction of sp³-hybridized carbons (Fsp3) is 0.500. The van der Waals surface area contributed by atoms with Crippen molar-refractivity contribution in [3.8, 4) is 0 Å². The molecule has 1 heterocycles. The molecule has 0 aromatic heterocycles. The van der Waals surface area contributed by atoms with Gasteiger partial charge in [-0.25, -0.2) is 0 Å². The van der Waals surface area contributed by atoms with Gasteiger partial charge in [0.25, 0.3) is 11.8 Å². The van der Waals surface area contributed by atoms with Gasteiger partial charge in [0.1, 0.15) is 6.61 Å². The molecule has 0 atom stereocenters. The fourth-order valence-electron chi connectivity index (χ4n) is 1.26. The lowest BCUT2D eigenvalue weighted by atomic mass is 10.3. The Morgan fingerprint density at radius 1 is 1.31 bits per heavy atom. The van der Waals surface area contributed by atoms with Crippen molar-refractivity contribution in [1.29, 1.82) is 0 Å². The normalized spacial score (nSPS) is 14.7. The topological polar surface area (TPSA) is 83.9 Å². The SMILES string of the molecule is O=C(CCCN1C(=O)C=CC1=O)OCCO. The van der Waals surface area contributed by atoms with Gasteiger partial charge >= 0.3 is 5.97 Å². The average molecular weight is 227 g/mol. The van der Waals surface area contributed by atoms with Crippen molar-refractivity contribution in [3.63, 3.8) is 0 Å². The Labute approximate surface area is 92.5 Å². The van der Waals surface area contributed by atoms with E-state index in [0.717, 1.165) is 4.90 Å². The van der Waals surface area contributed by atoms with E-state index in [1.165, 1.54) is 12.2 Å². The summed E-state index contributed by atoms with van der Waals surface area (Å²) in [6, 6.07) is 0. The van der Waals surface area contributed by atoms with Gasteiger partial charge < -0.3 is 9.84 Å². The Bertz CT molecular complexity index is 305. The van der Waals surface area contributed by atoms with Gasteiger partial charge in [-0.3, -0.25) is 19.3 Å². The Morgan fingerprint density at radius 2 is 1.94 bits per heavy atom. The maximum atomic E-state index is 11.1. The predicted octanol–water partition coefficient (Wildman–Crippen LogP) is -0.773. The quantitative estimate of drug-likeness (QED) is 0.475.